The topological polar surface area (TPSA) is 18.5 Å². The van der Waals surface area contributed by atoms with Gasteiger partial charge in [0.25, 0.3) is 0 Å². The van der Waals surface area contributed by atoms with Crippen LogP contribution >= 0.6 is 0 Å². The smallest absolute Gasteiger partial charge is 0.204 e. The summed E-state index contributed by atoms with van der Waals surface area (Å²) in [4.78, 5) is 0. The molecule has 1 atom stereocenters. The van der Waals surface area contributed by atoms with E-state index in [9.17, 15) is 8.78 Å². The maximum absolute atomic E-state index is 14.7. The average Bonchev–Trinajstić information content (AvgIpc) is 3.32. The highest BCUT2D eigenvalue weighted by Gasteiger charge is 2.29. The summed E-state index contributed by atoms with van der Waals surface area (Å²) in [6, 6.07) is 1.59. The van der Waals surface area contributed by atoms with Crippen molar-refractivity contribution in [3.05, 3.63) is 34.9 Å². The van der Waals surface area contributed by atoms with Crippen LogP contribution in [0.4, 0.5) is 8.78 Å². The predicted octanol–water partition coefficient (Wildman–Crippen LogP) is 8.31. The van der Waals surface area contributed by atoms with Gasteiger partial charge in [0.05, 0.1) is 6.10 Å². The highest BCUT2D eigenvalue weighted by atomic mass is 19.2. The fourth-order valence-electron chi connectivity index (χ4n) is 6.14. The highest BCUT2D eigenvalue weighted by molar-refractivity contribution is 5.42. The van der Waals surface area contributed by atoms with Gasteiger partial charge in [-0.05, 0) is 99.7 Å². The Morgan fingerprint density at radius 2 is 1.69 bits per heavy atom. The SMILES string of the molecule is CCCC1CCC(C2CC=C(COc3c(C)cc(OC4CCCC4)c(F)c3F)CC2)CC1. The molecule has 0 spiro atoms. The maximum Gasteiger partial charge on any atom is 0.204 e. The molecule has 3 aliphatic carbocycles. The van der Waals surface area contributed by atoms with Gasteiger partial charge >= 0.3 is 0 Å². The van der Waals surface area contributed by atoms with Crippen LogP contribution in [0.5, 0.6) is 11.5 Å². The summed E-state index contributed by atoms with van der Waals surface area (Å²) < 4.78 is 40.9. The minimum absolute atomic E-state index is 0.00268. The van der Waals surface area contributed by atoms with Gasteiger partial charge in [-0.25, -0.2) is 0 Å². The van der Waals surface area contributed by atoms with Gasteiger partial charge in [0.15, 0.2) is 11.5 Å². The molecule has 1 aromatic rings. The minimum Gasteiger partial charge on any atom is -0.487 e. The van der Waals surface area contributed by atoms with Crippen molar-refractivity contribution < 1.29 is 18.3 Å². The van der Waals surface area contributed by atoms with E-state index < -0.39 is 11.6 Å². The molecule has 3 aliphatic rings. The van der Waals surface area contributed by atoms with Crippen LogP contribution in [0.15, 0.2) is 17.7 Å². The Morgan fingerprint density at radius 3 is 2.34 bits per heavy atom. The Balaban J connectivity index is 1.30. The number of halogens is 2. The Kier molecular flexibility index (Phi) is 8.12. The quantitative estimate of drug-likeness (QED) is 0.374. The van der Waals surface area contributed by atoms with Crippen LogP contribution in [0.1, 0.15) is 96.0 Å². The van der Waals surface area contributed by atoms with Crippen LogP contribution in [-0.2, 0) is 0 Å². The van der Waals surface area contributed by atoms with Crippen molar-refractivity contribution in [2.45, 2.75) is 103 Å². The summed E-state index contributed by atoms with van der Waals surface area (Å²) in [6.07, 6.45) is 17.9. The molecule has 0 radical (unpaired) electrons. The minimum atomic E-state index is -0.922. The third-order valence-electron chi connectivity index (χ3n) is 8.11. The molecule has 4 heteroatoms. The van der Waals surface area contributed by atoms with E-state index in [1.165, 1.54) is 50.5 Å². The van der Waals surface area contributed by atoms with Crippen molar-refractivity contribution in [3.8, 4) is 11.5 Å². The molecule has 4 rings (SSSR count). The first kappa shape index (κ1) is 23.6. The fraction of sp³-hybridized carbons (Fsp3) is 0.714. The van der Waals surface area contributed by atoms with Crippen LogP contribution in [0, 0.1) is 36.3 Å². The second-order valence-corrected chi connectivity index (χ2v) is 10.4. The van der Waals surface area contributed by atoms with Gasteiger partial charge in [-0.1, -0.05) is 38.7 Å². The van der Waals surface area contributed by atoms with Crippen LogP contribution in [0.25, 0.3) is 0 Å². The molecule has 2 saturated carbocycles. The lowest BCUT2D eigenvalue weighted by Gasteiger charge is -2.35. The summed E-state index contributed by atoms with van der Waals surface area (Å²) in [5.74, 6) is 0.802. The van der Waals surface area contributed by atoms with Gasteiger partial charge in [0.2, 0.25) is 11.6 Å². The third-order valence-corrected chi connectivity index (χ3v) is 8.11. The number of allylic oxidation sites excluding steroid dienone is 1. The monoisotopic (exact) mass is 446 g/mol. The third kappa shape index (κ3) is 5.66. The number of rotatable bonds is 8. The molecule has 1 unspecified atom stereocenters. The average molecular weight is 447 g/mol. The molecule has 0 aromatic heterocycles. The summed E-state index contributed by atoms with van der Waals surface area (Å²) >= 11 is 0. The molecule has 2 fully saturated rings. The summed E-state index contributed by atoms with van der Waals surface area (Å²) in [6.45, 7) is 4.40. The Labute approximate surface area is 192 Å². The molecule has 178 valence electrons. The summed E-state index contributed by atoms with van der Waals surface area (Å²) in [5, 5.41) is 0. The van der Waals surface area contributed by atoms with Gasteiger partial charge in [-0.3, -0.25) is 0 Å². The molecular formula is C28H40F2O2. The zero-order chi connectivity index (χ0) is 22.5. The predicted molar refractivity (Wildman–Crippen MR) is 125 cm³/mol. The molecule has 0 bridgehead atoms. The van der Waals surface area contributed by atoms with Crippen molar-refractivity contribution in [2.24, 2.45) is 17.8 Å². The first-order valence-corrected chi connectivity index (χ1v) is 13.0. The molecule has 1 aromatic carbocycles. The van der Waals surface area contributed by atoms with E-state index in [0.717, 1.165) is 56.3 Å². The lowest BCUT2D eigenvalue weighted by atomic mass is 9.71. The number of ether oxygens (including phenoxy) is 2. The van der Waals surface area contributed by atoms with Crippen LogP contribution in [0.2, 0.25) is 0 Å². The van der Waals surface area contributed by atoms with Gasteiger partial charge in [0, 0.05) is 0 Å². The van der Waals surface area contributed by atoms with Crippen molar-refractivity contribution in [3.63, 3.8) is 0 Å². The van der Waals surface area contributed by atoms with E-state index in [0.29, 0.717) is 12.2 Å². The van der Waals surface area contributed by atoms with Gasteiger partial charge in [-0.15, -0.1) is 0 Å². The molecular weight excluding hydrogens is 406 g/mol. The van der Waals surface area contributed by atoms with Crippen LogP contribution in [0.3, 0.4) is 0 Å². The van der Waals surface area contributed by atoms with Crippen LogP contribution in [-0.4, -0.2) is 12.7 Å². The van der Waals surface area contributed by atoms with Gasteiger partial charge < -0.3 is 9.47 Å². The molecule has 0 N–H and O–H groups in total. The van der Waals surface area contributed by atoms with E-state index in [2.05, 4.69) is 13.0 Å². The van der Waals surface area contributed by atoms with Crippen molar-refractivity contribution in [2.75, 3.05) is 6.61 Å². The second-order valence-electron chi connectivity index (χ2n) is 10.4. The zero-order valence-electron chi connectivity index (χ0n) is 19.9. The fourth-order valence-corrected chi connectivity index (χ4v) is 6.14. The van der Waals surface area contributed by atoms with Crippen molar-refractivity contribution >= 4 is 0 Å². The largest absolute Gasteiger partial charge is 0.487 e. The highest BCUT2D eigenvalue weighted by Crippen LogP contribution is 2.41. The second kappa shape index (κ2) is 11.0. The lowest BCUT2D eigenvalue weighted by molar-refractivity contribution is 0.184. The van der Waals surface area contributed by atoms with Crippen LogP contribution < -0.4 is 9.47 Å². The standard InChI is InChI=1S/C28H40F2O2/c1-3-6-20-9-13-22(14-10-20)23-15-11-21(12-16-23)18-31-28-19(2)17-25(26(29)27(28)30)32-24-7-4-5-8-24/h11,17,20,22-24H,3-10,12-16,18H2,1-2H3. The first-order valence-electron chi connectivity index (χ1n) is 13.0. The number of aryl methyl sites for hydroxylation is 1. The maximum atomic E-state index is 14.7. The number of hydrogen-bond donors (Lipinski definition) is 0. The lowest BCUT2D eigenvalue weighted by Crippen LogP contribution is -2.24. The number of hydrogen-bond acceptors (Lipinski definition) is 2. The molecule has 0 amide bonds. The normalized spacial score (nSPS) is 26.8. The van der Waals surface area contributed by atoms with Gasteiger partial charge in [0.1, 0.15) is 6.61 Å². The van der Waals surface area contributed by atoms with E-state index in [1.807, 2.05) is 0 Å². The van der Waals surface area contributed by atoms with Gasteiger partial charge in [-0.2, -0.15) is 8.78 Å². The van der Waals surface area contributed by atoms with E-state index in [-0.39, 0.29) is 17.6 Å². The number of benzene rings is 1. The Hall–Kier alpha value is -1.58. The van der Waals surface area contributed by atoms with Crippen molar-refractivity contribution in [1.29, 1.82) is 0 Å². The zero-order valence-corrected chi connectivity index (χ0v) is 19.9. The molecule has 0 heterocycles. The van der Waals surface area contributed by atoms with E-state index in [1.54, 1.807) is 13.0 Å². The Bertz CT molecular complexity index is 789. The van der Waals surface area contributed by atoms with Crippen molar-refractivity contribution in [1.82, 2.24) is 0 Å². The van der Waals surface area contributed by atoms with E-state index >= 15 is 0 Å². The first-order chi connectivity index (χ1) is 15.5. The molecule has 2 nitrogen and oxygen atoms in total. The van der Waals surface area contributed by atoms with E-state index in [4.69, 9.17) is 9.47 Å². The molecule has 32 heavy (non-hydrogen) atoms. The molecule has 0 saturated heterocycles. The Morgan fingerprint density at radius 1 is 0.938 bits per heavy atom. The summed E-state index contributed by atoms with van der Waals surface area (Å²) in [5.41, 5.74) is 1.81. The molecule has 0 aliphatic heterocycles. The summed E-state index contributed by atoms with van der Waals surface area (Å²) in [7, 11) is 0.